The summed E-state index contributed by atoms with van der Waals surface area (Å²) in [6.07, 6.45) is 3.39. The normalized spacial score (nSPS) is 15.2. The first kappa shape index (κ1) is 19.5. The summed E-state index contributed by atoms with van der Waals surface area (Å²) in [5.41, 5.74) is 6.52. The van der Waals surface area contributed by atoms with E-state index in [2.05, 4.69) is 20.1 Å². The predicted octanol–water partition coefficient (Wildman–Crippen LogP) is 2.12. The fourth-order valence-corrected chi connectivity index (χ4v) is 3.30. The fraction of sp³-hybridized carbons (Fsp3) is 0.550. The molecule has 7 heteroatoms. The third kappa shape index (κ3) is 5.61. The lowest BCUT2D eigenvalue weighted by Crippen LogP contribution is -2.41. The SMILES string of the molecule is CC(C)(N)CC(=O)N[C@H](COCc1ccccc1)c1nnc2n1CCCC2. The number of aryl methyl sites for hydroxylation is 1. The number of rotatable bonds is 8. The van der Waals surface area contributed by atoms with Crippen molar-refractivity contribution >= 4 is 5.91 Å². The largest absolute Gasteiger partial charge is 0.374 e. The van der Waals surface area contributed by atoms with Crippen molar-refractivity contribution in [2.24, 2.45) is 5.73 Å². The molecule has 27 heavy (non-hydrogen) atoms. The van der Waals surface area contributed by atoms with Crippen molar-refractivity contribution < 1.29 is 9.53 Å². The molecule has 3 N–H and O–H groups in total. The third-order valence-corrected chi connectivity index (χ3v) is 4.55. The van der Waals surface area contributed by atoms with Crippen LogP contribution in [0.25, 0.3) is 0 Å². The van der Waals surface area contributed by atoms with Crippen molar-refractivity contribution in [3.63, 3.8) is 0 Å². The Morgan fingerprint density at radius 2 is 2.07 bits per heavy atom. The molecule has 1 atom stereocenters. The van der Waals surface area contributed by atoms with E-state index in [1.807, 2.05) is 44.2 Å². The van der Waals surface area contributed by atoms with E-state index in [1.165, 1.54) is 0 Å². The molecule has 2 heterocycles. The lowest BCUT2D eigenvalue weighted by molar-refractivity contribution is -0.123. The number of ether oxygens (including phenoxy) is 1. The summed E-state index contributed by atoms with van der Waals surface area (Å²) in [7, 11) is 0. The Bertz CT molecular complexity index is 751. The van der Waals surface area contributed by atoms with E-state index in [0.717, 1.165) is 43.0 Å². The van der Waals surface area contributed by atoms with Crippen LogP contribution in [0.4, 0.5) is 0 Å². The molecule has 0 bridgehead atoms. The molecule has 0 fully saturated rings. The van der Waals surface area contributed by atoms with E-state index < -0.39 is 5.54 Å². The zero-order chi connectivity index (χ0) is 19.3. The van der Waals surface area contributed by atoms with E-state index in [4.69, 9.17) is 10.5 Å². The average Bonchev–Trinajstić information content (AvgIpc) is 3.04. The van der Waals surface area contributed by atoms with E-state index >= 15 is 0 Å². The van der Waals surface area contributed by atoms with Crippen LogP contribution in [0.3, 0.4) is 0 Å². The topological polar surface area (TPSA) is 95.1 Å². The van der Waals surface area contributed by atoms with Crippen LogP contribution in [0.15, 0.2) is 30.3 Å². The summed E-state index contributed by atoms with van der Waals surface area (Å²) in [6.45, 7) is 5.38. The molecule has 0 saturated heterocycles. The van der Waals surface area contributed by atoms with E-state index in [0.29, 0.717) is 13.2 Å². The predicted molar refractivity (Wildman–Crippen MR) is 103 cm³/mol. The number of aromatic nitrogens is 3. The van der Waals surface area contributed by atoms with Gasteiger partial charge in [-0.05, 0) is 32.3 Å². The maximum atomic E-state index is 12.5. The van der Waals surface area contributed by atoms with Gasteiger partial charge in [-0.1, -0.05) is 30.3 Å². The van der Waals surface area contributed by atoms with Crippen LogP contribution >= 0.6 is 0 Å². The highest BCUT2D eigenvalue weighted by Crippen LogP contribution is 2.20. The number of carbonyl (C=O) groups is 1. The highest BCUT2D eigenvalue weighted by molar-refractivity contribution is 5.77. The molecule has 1 aliphatic heterocycles. The third-order valence-electron chi connectivity index (χ3n) is 4.55. The number of nitrogens with one attached hydrogen (secondary N) is 1. The minimum absolute atomic E-state index is 0.107. The molecule has 0 aliphatic carbocycles. The van der Waals surface area contributed by atoms with Crippen LogP contribution in [0, 0.1) is 0 Å². The van der Waals surface area contributed by atoms with Crippen molar-refractivity contribution in [2.45, 2.75) is 64.3 Å². The summed E-state index contributed by atoms with van der Waals surface area (Å²) in [4.78, 5) is 12.5. The molecule has 1 aromatic heterocycles. The number of hydrogen-bond acceptors (Lipinski definition) is 5. The molecule has 146 valence electrons. The standard InChI is InChI=1S/C20H29N5O2/c1-20(2,21)12-18(26)22-16(14-27-13-15-8-4-3-5-9-15)19-24-23-17-10-6-7-11-25(17)19/h3-5,8-9,16H,6-7,10-14,21H2,1-2H3,(H,22,26)/t16-/m1/s1. The van der Waals surface area contributed by atoms with Gasteiger partial charge in [0.2, 0.25) is 5.91 Å². The number of benzene rings is 1. The molecule has 3 rings (SSSR count). The second-order valence-corrected chi connectivity index (χ2v) is 7.87. The lowest BCUT2D eigenvalue weighted by Gasteiger charge is -2.24. The molecule has 1 aliphatic rings. The van der Waals surface area contributed by atoms with Crippen LogP contribution in [0.2, 0.25) is 0 Å². The van der Waals surface area contributed by atoms with Crippen molar-refractivity contribution in [1.82, 2.24) is 20.1 Å². The van der Waals surface area contributed by atoms with E-state index in [1.54, 1.807) is 0 Å². The number of amides is 1. The quantitative estimate of drug-likeness (QED) is 0.741. The molecule has 0 radical (unpaired) electrons. The number of nitrogens with two attached hydrogens (primary N) is 1. The molecule has 1 amide bonds. The van der Waals surface area contributed by atoms with Crippen LogP contribution in [0.1, 0.15) is 56.4 Å². The van der Waals surface area contributed by atoms with Gasteiger partial charge in [0, 0.05) is 24.9 Å². The first-order chi connectivity index (χ1) is 12.9. The molecule has 0 spiro atoms. The minimum Gasteiger partial charge on any atom is -0.374 e. The van der Waals surface area contributed by atoms with Gasteiger partial charge in [-0.2, -0.15) is 0 Å². The molecular formula is C20H29N5O2. The molecule has 1 aromatic carbocycles. The van der Waals surface area contributed by atoms with Gasteiger partial charge in [0.1, 0.15) is 11.9 Å². The van der Waals surface area contributed by atoms with E-state index in [-0.39, 0.29) is 18.4 Å². The minimum atomic E-state index is -0.566. The molecule has 7 nitrogen and oxygen atoms in total. The monoisotopic (exact) mass is 371 g/mol. The van der Waals surface area contributed by atoms with Gasteiger partial charge in [0.25, 0.3) is 0 Å². The summed E-state index contributed by atoms with van der Waals surface area (Å²) in [6, 6.07) is 9.63. The Kier molecular flexibility index (Phi) is 6.23. The van der Waals surface area contributed by atoms with Crippen molar-refractivity contribution in [2.75, 3.05) is 6.61 Å². The maximum absolute atomic E-state index is 12.5. The Morgan fingerprint density at radius 3 is 2.81 bits per heavy atom. The number of fused-ring (bicyclic) bond motifs is 1. The second kappa shape index (κ2) is 8.63. The average molecular weight is 371 g/mol. The summed E-state index contributed by atoms with van der Waals surface area (Å²) in [5, 5.41) is 11.7. The van der Waals surface area contributed by atoms with Crippen LogP contribution in [0.5, 0.6) is 0 Å². The zero-order valence-corrected chi connectivity index (χ0v) is 16.1. The summed E-state index contributed by atoms with van der Waals surface area (Å²) in [5.74, 6) is 1.64. The maximum Gasteiger partial charge on any atom is 0.222 e. The fourth-order valence-electron chi connectivity index (χ4n) is 3.30. The van der Waals surface area contributed by atoms with Crippen molar-refractivity contribution in [3.8, 4) is 0 Å². The smallest absolute Gasteiger partial charge is 0.222 e. The van der Waals surface area contributed by atoms with Gasteiger partial charge in [0.05, 0.1) is 13.2 Å². The van der Waals surface area contributed by atoms with Gasteiger partial charge in [-0.3, -0.25) is 4.79 Å². The van der Waals surface area contributed by atoms with Gasteiger partial charge < -0.3 is 20.4 Å². The number of carbonyl (C=O) groups excluding carboxylic acids is 1. The highest BCUT2D eigenvalue weighted by Gasteiger charge is 2.26. The Hall–Kier alpha value is -2.25. The van der Waals surface area contributed by atoms with Crippen molar-refractivity contribution in [3.05, 3.63) is 47.5 Å². The van der Waals surface area contributed by atoms with Crippen molar-refractivity contribution in [1.29, 1.82) is 0 Å². The van der Waals surface area contributed by atoms with Gasteiger partial charge >= 0.3 is 0 Å². The first-order valence-electron chi connectivity index (χ1n) is 9.54. The van der Waals surface area contributed by atoms with E-state index in [9.17, 15) is 4.79 Å². The summed E-state index contributed by atoms with van der Waals surface area (Å²) >= 11 is 0. The zero-order valence-electron chi connectivity index (χ0n) is 16.1. The Balaban J connectivity index is 1.70. The van der Waals surface area contributed by atoms with Gasteiger partial charge in [-0.25, -0.2) is 0 Å². The van der Waals surface area contributed by atoms with Crippen LogP contribution in [-0.2, 0) is 29.1 Å². The second-order valence-electron chi connectivity index (χ2n) is 7.87. The van der Waals surface area contributed by atoms with Gasteiger partial charge in [0.15, 0.2) is 5.82 Å². The molecule has 2 aromatic rings. The Labute approximate surface area is 160 Å². The van der Waals surface area contributed by atoms with Crippen LogP contribution in [-0.4, -0.2) is 32.8 Å². The molecular weight excluding hydrogens is 342 g/mol. The number of hydrogen-bond donors (Lipinski definition) is 2. The first-order valence-corrected chi connectivity index (χ1v) is 9.54. The lowest BCUT2D eigenvalue weighted by atomic mass is 10.0. The Morgan fingerprint density at radius 1 is 1.30 bits per heavy atom. The number of nitrogens with zero attached hydrogens (tertiary/aromatic N) is 3. The van der Waals surface area contributed by atoms with Crippen LogP contribution < -0.4 is 11.1 Å². The molecule has 0 unspecified atom stereocenters. The summed E-state index contributed by atoms with van der Waals surface area (Å²) < 4.78 is 8.02. The molecule has 0 saturated carbocycles. The van der Waals surface area contributed by atoms with Gasteiger partial charge in [-0.15, -0.1) is 10.2 Å². The highest BCUT2D eigenvalue weighted by atomic mass is 16.5.